The highest BCUT2D eigenvalue weighted by Crippen LogP contribution is 2.36. The molecule has 0 spiro atoms. The van der Waals surface area contributed by atoms with Crippen molar-refractivity contribution < 1.29 is 0 Å². The number of para-hydroxylation sites is 1. The molecule has 1 aliphatic rings. The van der Waals surface area contributed by atoms with Gasteiger partial charge in [-0.2, -0.15) is 4.98 Å². The fraction of sp³-hybridized carbons (Fsp3) is 0.231. The van der Waals surface area contributed by atoms with E-state index in [0.717, 1.165) is 6.42 Å². The summed E-state index contributed by atoms with van der Waals surface area (Å²) < 4.78 is 0. The van der Waals surface area contributed by atoms with Crippen LogP contribution in [0.1, 0.15) is 12.5 Å². The second kappa shape index (κ2) is 3.73. The van der Waals surface area contributed by atoms with Crippen LogP contribution < -0.4 is 10.6 Å². The van der Waals surface area contributed by atoms with Crippen LogP contribution in [-0.4, -0.2) is 16.0 Å². The summed E-state index contributed by atoms with van der Waals surface area (Å²) in [6.45, 7) is 2.17. The van der Waals surface area contributed by atoms with Gasteiger partial charge in [0.05, 0.1) is 0 Å². The van der Waals surface area contributed by atoms with Crippen LogP contribution in [0.2, 0.25) is 0 Å². The van der Waals surface area contributed by atoms with E-state index in [1.165, 1.54) is 11.3 Å². The smallest absolute Gasteiger partial charge is 0.232 e. The summed E-state index contributed by atoms with van der Waals surface area (Å²) in [5, 5.41) is 0. The lowest BCUT2D eigenvalue weighted by Crippen LogP contribution is -2.25. The molecule has 1 unspecified atom stereocenters. The Bertz CT molecular complexity index is 553. The molecule has 0 aliphatic carbocycles. The van der Waals surface area contributed by atoms with Crippen LogP contribution in [0.5, 0.6) is 0 Å². The van der Waals surface area contributed by atoms with Crippen LogP contribution >= 0.6 is 0 Å². The maximum atomic E-state index is 5.71. The standard InChI is InChI=1S/C13H14N4/c1-9-8-10-4-2-3-5-11(10)17(9)13-15-7-6-12(14)16-13/h2-7,9H,8H2,1H3,(H2,14,15,16). The SMILES string of the molecule is CC1Cc2ccccc2N1c1nccc(N)n1. The molecule has 2 aromatic rings. The Balaban J connectivity index is 2.09. The van der Waals surface area contributed by atoms with Gasteiger partial charge in [-0.15, -0.1) is 0 Å². The minimum atomic E-state index is 0.370. The van der Waals surface area contributed by atoms with Crippen LogP contribution in [0.3, 0.4) is 0 Å². The molecule has 0 bridgehead atoms. The zero-order chi connectivity index (χ0) is 11.8. The molecule has 0 saturated heterocycles. The molecule has 4 heteroatoms. The molecule has 0 radical (unpaired) electrons. The van der Waals surface area contributed by atoms with E-state index in [-0.39, 0.29) is 0 Å². The van der Waals surface area contributed by atoms with Gasteiger partial charge in [-0.25, -0.2) is 4.98 Å². The van der Waals surface area contributed by atoms with Crippen LogP contribution in [0.15, 0.2) is 36.5 Å². The van der Waals surface area contributed by atoms with Crippen molar-refractivity contribution in [3.8, 4) is 0 Å². The molecule has 1 atom stereocenters. The summed E-state index contributed by atoms with van der Waals surface area (Å²) in [5.74, 6) is 1.19. The number of nitrogen functional groups attached to an aromatic ring is 1. The van der Waals surface area contributed by atoms with Crippen molar-refractivity contribution in [2.24, 2.45) is 0 Å². The monoisotopic (exact) mass is 226 g/mol. The van der Waals surface area contributed by atoms with Crippen molar-refractivity contribution in [3.05, 3.63) is 42.1 Å². The van der Waals surface area contributed by atoms with E-state index in [0.29, 0.717) is 17.8 Å². The van der Waals surface area contributed by atoms with Gasteiger partial charge < -0.3 is 10.6 Å². The van der Waals surface area contributed by atoms with E-state index in [9.17, 15) is 0 Å². The Labute approximate surface area is 100 Å². The van der Waals surface area contributed by atoms with Crippen molar-refractivity contribution in [1.29, 1.82) is 0 Å². The molecule has 1 aromatic heterocycles. The largest absolute Gasteiger partial charge is 0.384 e. The van der Waals surface area contributed by atoms with Gasteiger partial charge in [0.1, 0.15) is 5.82 Å². The van der Waals surface area contributed by atoms with E-state index < -0.39 is 0 Å². The Morgan fingerprint density at radius 1 is 1.29 bits per heavy atom. The fourth-order valence-electron chi connectivity index (χ4n) is 2.35. The number of benzene rings is 1. The van der Waals surface area contributed by atoms with Gasteiger partial charge in [-0.05, 0) is 31.0 Å². The molecule has 3 rings (SSSR count). The number of nitrogens with zero attached hydrogens (tertiary/aromatic N) is 3. The molecule has 1 aliphatic heterocycles. The lowest BCUT2D eigenvalue weighted by atomic mass is 10.1. The molecule has 4 nitrogen and oxygen atoms in total. The molecule has 2 heterocycles. The van der Waals surface area contributed by atoms with Crippen LogP contribution in [-0.2, 0) is 6.42 Å². The molecule has 0 saturated carbocycles. The minimum Gasteiger partial charge on any atom is -0.384 e. The molecule has 17 heavy (non-hydrogen) atoms. The van der Waals surface area contributed by atoms with Crippen LogP contribution in [0.25, 0.3) is 0 Å². The first-order valence-corrected chi connectivity index (χ1v) is 5.71. The number of anilines is 3. The maximum Gasteiger partial charge on any atom is 0.232 e. The number of rotatable bonds is 1. The number of hydrogen-bond donors (Lipinski definition) is 1. The Morgan fingerprint density at radius 3 is 2.94 bits per heavy atom. The second-order valence-corrected chi connectivity index (χ2v) is 4.33. The summed E-state index contributed by atoms with van der Waals surface area (Å²) in [4.78, 5) is 10.7. The third kappa shape index (κ3) is 1.62. The number of nitrogens with two attached hydrogens (primary N) is 1. The van der Waals surface area contributed by atoms with Crippen molar-refractivity contribution >= 4 is 17.5 Å². The van der Waals surface area contributed by atoms with E-state index >= 15 is 0 Å². The van der Waals surface area contributed by atoms with Gasteiger partial charge in [0.15, 0.2) is 0 Å². The molecule has 1 aromatic carbocycles. The third-order valence-corrected chi connectivity index (χ3v) is 3.09. The Hall–Kier alpha value is -2.10. The Morgan fingerprint density at radius 2 is 2.12 bits per heavy atom. The topological polar surface area (TPSA) is 55.0 Å². The summed E-state index contributed by atoms with van der Waals surface area (Å²) in [7, 11) is 0. The predicted molar refractivity (Wildman–Crippen MR) is 68.2 cm³/mol. The van der Waals surface area contributed by atoms with E-state index in [1.54, 1.807) is 12.3 Å². The third-order valence-electron chi connectivity index (χ3n) is 3.09. The first-order chi connectivity index (χ1) is 8.25. The minimum absolute atomic E-state index is 0.370. The molecule has 0 amide bonds. The van der Waals surface area contributed by atoms with Crippen LogP contribution in [0.4, 0.5) is 17.5 Å². The first kappa shape index (κ1) is 10.1. The average Bonchev–Trinajstić information content (AvgIpc) is 2.64. The molecule has 0 fully saturated rings. The lowest BCUT2D eigenvalue weighted by Gasteiger charge is -2.22. The quantitative estimate of drug-likeness (QED) is 0.809. The normalized spacial score (nSPS) is 18.2. The highest BCUT2D eigenvalue weighted by atomic mass is 15.3. The molecule has 2 N–H and O–H groups in total. The van der Waals surface area contributed by atoms with Crippen molar-refractivity contribution in [2.75, 3.05) is 10.6 Å². The van der Waals surface area contributed by atoms with E-state index in [4.69, 9.17) is 5.73 Å². The molecular weight excluding hydrogens is 212 g/mol. The predicted octanol–water partition coefficient (Wildman–Crippen LogP) is 2.14. The summed E-state index contributed by atoms with van der Waals surface area (Å²) in [6.07, 6.45) is 2.72. The van der Waals surface area contributed by atoms with Gasteiger partial charge in [0.2, 0.25) is 5.95 Å². The van der Waals surface area contributed by atoms with Gasteiger partial charge >= 0.3 is 0 Å². The summed E-state index contributed by atoms with van der Waals surface area (Å²) in [6, 6.07) is 10.4. The van der Waals surface area contributed by atoms with Gasteiger partial charge in [0, 0.05) is 17.9 Å². The summed E-state index contributed by atoms with van der Waals surface area (Å²) >= 11 is 0. The summed E-state index contributed by atoms with van der Waals surface area (Å²) in [5.41, 5.74) is 8.24. The Kier molecular flexibility index (Phi) is 2.21. The molecule has 86 valence electrons. The highest BCUT2D eigenvalue weighted by molar-refractivity contribution is 5.67. The van der Waals surface area contributed by atoms with Crippen molar-refractivity contribution in [1.82, 2.24) is 9.97 Å². The number of fused-ring (bicyclic) bond motifs is 1. The van der Waals surface area contributed by atoms with E-state index in [2.05, 4.69) is 40.0 Å². The molecular formula is C13H14N4. The van der Waals surface area contributed by atoms with Crippen LogP contribution in [0, 0.1) is 0 Å². The fourth-order valence-corrected chi connectivity index (χ4v) is 2.35. The second-order valence-electron chi connectivity index (χ2n) is 4.33. The van der Waals surface area contributed by atoms with Crippen molar-refractivity contribution in [3.63, 3.8) is 0 Å². The van der Waals surface area contributed by atoms with Gasteiger partial charge in [-0.3, -0.25) is 0 Å². The zero-order valence-electron chi connectivity index (χ0n) is 9.67. The van der Waals surface area contributed by atoms with E-state index in [1.807, 2.05) is 6.07 Å². The van der Waals surface area contributed by atoms with Gasteiger partial charge in [-0.1, -0.05) is 18.2 Å². The van der Waals surface area contributed by atoms with Crippen molar-refractivity contribution in [2.45, 2.75) is 19.4 Å². The zero-order valence-corrected chi connectivity index (χ0v) is 9.67. The number of aromatic nitrogens is 2. The maximum absolute atomic E-state index is 5.71. The average molecular weight is 226 g/mol. The highest BCUT2D eigenvalue weighted by Gasteiger charge is 2.28. The van der Waals surface area contributed by atoms with Gasteiger partial charge in [0.25, 0.3) is 0 Å². The lowest BCUT2D eigenvalue weighted by molar-refractivity contribution is 0.740. The first-order valence-electron chi connectivity index (χ1n) is 5.71. The number of hydrogen-bond acceptors (Lipinski definition) is 4.